The van der Waals surface area contributed by atoms with Gasteiger partial charge in [0.2, 0.25) is 5.01 Å². The second-order valence-electron chi connectivity index (χ2n) is 4.52. The number of carbonyl (C=O) groups is 2. The number of esters is 2. The largest absolute Gasteiger partial charge is 0.461 e. The van der Waals surface area contributed by atoms with Crippen LogP contribution >= 0.6 is 11.3 Å². The predicted octanol–water partition coefficient (Wildman–Crippen LogP) is 3.70. The highest BCUT2D eigenvalue weighted by Crippen LogP contribution is 2.29. The number of benzene rings is 1. The molecule has 0 fully saturated rings. The molecule has 1 aromatic heterocycles. The van der Waals surface area contributed by atoms with E-state index in [1.165, 1.54) is 5.38 Å². The first-order chi connectivity index (χ1) is 11.3. The lowest BCUT2D eigenvalue weighted by atomic mass is 10.1. The summed E-state index contributed by atoms with van der Waals surface area (Å²) in [5.41, 5.74) is -0.509. The molecule has 128 valence electrons. The van der Waals surface area contributed by atoms with Gasteiger partial charge in [-0.3, -0.25) is 0 Å². The SMILES string of the molecule is CCOC(=O)c1nc(COC(=O)c2ccc(C(F)(F)F)cc2)cs1. The highest BCUT2D eigenvalue weighted by Gasteiger charge is 2.30. The maximum atomic E-state index is 12.5. The summed E-state index contributed by atoms with van der Waals surface area (Å²) < 4.78 is 47.1. The van der Waals surface area contributed by atoms with E-state index < -0.39 is 23.7 Å². The van der Waals surface area contributed by atoms with Crippen molar-refractivity contribution in [2.24, 2.45) is 0 Å². The van der Waals surface area contributed by atoms with Crippen LogP contribution in [0.25, 0.3) is 0 Å². The topological polar surface area (TPSA) is 65.5 Å². The fourth-order valence-corrected chi connectivity index (χ4v) is 2.37. The monoisotopic (exact) mass is 359 g/mol. The molecule has 2 aromatic rings. The zero-order valence-electron chi connectivity index (χ0n) is 12.4. The van der Waals surface area contributed by atoms with Gasteiger partial charge < -0.3 is 9.47 Å². The van der Waals surface area contributed by atoms with Crippen LogP contribution in [0.1, 0.15) is 38.3 Å². The Morgan fingerprint density at radius 3 is 2.38 bits per heavy atom. The van der Waals surface area contributed by atoms with Gasteiger partial charge in [0.25, 0.3) is 0 Å². The summed E-state index contributed by atoms with van der Waals surface area (Å²) >= 11 is 1.05. The number of thiazole rings is 1. The van der Waals surface area contributed by atoms with E-state index in [0.29, 0.717) is 5.69 Å². The molecule has 0 spiro atoms. The Balaban J connectivity index is 1.95. The van der Waals surface area contributed by atoms with E-state index in [4.69, 9.17) is 9.47 Å². The molecule has 0 bridgehead atoms. The van der Waals surface area contributed by atoms with Crippen molar-refractivity contribution in [1.29, 1.82) is 0 Å². The maximum Gasteiger partial charge on any atom is 0.416 e. The van der Waals surface area contributed by atoms with Crippen LogP contribution in [0, 0.1) is 0 Å². The van der Waals surface area contributed by atoms with Gasteiger partial charge in [0.15, 0.2) is 0 Å². The summed E-state index contributed by atoms with van der Waals surface area (Å²) in [5.74, 6) is -1.35. The third-order valence-corrected chi connectivity index (χ3v) is 3.67. The normalized spacial score (nSPS) is 11.2. The Kier molecular flexibility index (Phi) is 5.55. The first kappa shape index (κ1) is 17.9. The lowest BCUT2D eigenvalue weighted by Crippen LogP contribution is -2.08. The minimum absolute atomic E-state index is 0.0103. The van der Waals surface area contributed by atoms with Crippen LogP contribution in [0.5, 0.6) is 0 Å². The van der Waals surface area contributed by atoms with Crippen LogP contribution in [0.3, 0.4) is 0 Å². The van der Waals surface area contributed by atoms with Gasteiger partial charge in [-0.25, -0.2) is 14.6 Å². The molecule has 5 nitrogen and oxygen atoms in total. The summed E-state index contributed by atoms with van der Waals surface area (Å²) in [5, 5.41) is 1.67. The number of halogens is 3. The molecule has 0 N–H and O–H groups in total. The van der Waals surface area contributed by atoms with Gasteiger partial charge >= 0.3 is 18.1 Å². The Bertz CT molecular complexity index is 725. The summed E-state index contributed by atoms with van der Waals surface area (Å²) in [6.45, 7) is 1.69. The predicted molar refractivity (Wildman–Crippen MR) is 78.6 cm³/mol. The molecule has 0 atom stereocenters. The van der Waals surface area contributed by atoms with Gasteiger partial charge in [-0.2, -0.15) is 13.2 Å². The third-order valence-electron chi connectivity index (χ3n) is 2.80. The zero-order valence-corrected chi connectivity index (χ0v) is 13.2. The van der Waals surface area contributed by atoms with Crippen LogP contribution < -0.4 is 0 Å². The lowest BCUT2D eigenvalue weighted by molar-refractivity contribution is -0.137. The molecule has 2 rings (SSSR count). The molecule has 1 heterocycles. The van der Waals surface area contributed by atoms with Crippen molar-refractivity contribution in [3.8, 4) is 0 Å². The van der Waals surface area contributed by atoms with Crippen molar-refractivity contribution in [3.63, 3.8) is 0 Å². The van der Waals surface area contributed by atoms with Crippen LogP contribution in [-0.4, -0.2) is 23.5 Å². The number of alkyl halides is 3. The van der Waals surface area contributed by atoms with Crippen LogP contribution in [0.15, 0.2) is 29.6 Å². The van der Waals surface area contributed by atoms with Gasteiger partial charge in [0.05, 0.1) is 23.4 Å². The Morgan fingerprint density at radius 1 is 1.12 bits per heavy atom. The van der Waals surface area contributed by atoms with Crippen molar-refractivity contribution in [2.75, 3.05) is 6.61 Å². The van der Waals surface area contributed by atoms with Crippen molar-refractivity contribution in [2.45, 2.75) is 19.7 Å². The van der Waals surface area contributed by atoms with Crippen molar-refractivity contribution in [1.82, 2.24) is 4.98 Å². The molecule has 24 heavy (non-hydrogen) atoms. The molecule has 0 unspecified atom stereocenters. The first-order valence-electron chi connectivity index (χ1n) is 6.77. The Labute approximate surface area is 139 Å². The van der Waals surface area contributed by atoms with Crippen LogP contribution in [0.4, 0.5) is 13.2 Å². The molecular weight excluding hydrogens is 347 g/mol. The highest BCUT2D eigenvalue weighted by molar-refractivity contribution is 7.11. The minimum atomic E-state index is -4.47. The zero-order chi connectivity index (χ0) is 17.7. The van der Waals surface area contributed by atoms with E-state index in [2.05, 4.69) is 4.98 Å². The Hall–Kier alpha value is -2.42. The summed E-state index contributed by atoms with van der Waals surface area (Å²) in [7, 11) is 0. The maximum absolute atomic E-state index is 12.5. The Morgan fingerprint density at radius 2 is 1.79 bits per heavy atom. The number of ether oxygens (including phenoxy) is 2. The molecular formula is C15H12F3NO4S. The summed E-state index contributed by atoms with van der Waals surface area (Å²) in [6, 6.07) is 3.68. The molecule has 0 amide bonds. The quantitative estimate of drug-likeness (QED) is 0.762. The van der Waals surface area contributed by atoms with Crippen molar-refractivity contribution < 1.29 is 32.2 Å². The van der Waals surface area contributed by atoms with E-state index in [1.54, 1.807) is 6.92 Å². The van der Waals surface area contributed by atoms with Crippen LogP contribution in [0.2, 0.25) is 0 Å². The molecule has 0 aliphatic carbocycles. The molecule has 9 heteroatoms. The second-order valence-corrected chi connectivity index (χ2v) is 5.37. The fraction of sp³-hybridized carbons (Fsp3) is 0.267. The van der Waals surface area contributed by atoms with Gasteiger partial charge in [0.1, 0.15) is 6.61 Å². The molecule has 0 aliphatic heterocycles. The van der Waals surface area contributed by atoms with Crippen molar-refractivity contribution in [3.05, 3.63) is 51.5 Å². The highest BCUT2D eigenvalue weighted by atomic mass is 32.1. The van der Waals surface area contributed by atoms with Gasteiger partial charge in [0, 0.05) is 5.38 Å². The first-order valence-corrected chi connectivity index (χ1v) is 7.65. The number of hydrogen-bond donors (Lipinski definition) is 0. The average molecular weight is 359 g/mol. The van der Waals surface area contributed by atoms with Gasteiger partial charge in [-0.1, -0.05) is 0 Å². The molecule has 0 saturated heterocycles. The lowest BCUT2D eigenvalue weighted by Gasteiger charge is -2.07. The van der Waals surface area contributed by atoms with E-state index in [1.807, 2.05) is 0 Å². The molecule has 0 aliphatic rings. The van der Waals surface area contributed by atoms with Gasteiger partial charge in [-0.05, 0) is 31.2 Å². The number of rotatable bonds is 5. The average Bonchev–Trinajstić information content (AvgIpc) is 3.01. The molecule has 0 radical (unpaired) electrons. The van der Waals surface area contributed by atoms with Crippen molar-refractivity contribution >= 4 is 23.3 Å². The fourth-order valence-electron chi connectivity index (χ4n) is 1.68. The number of aromatic nitrogens is 1. The van der Waals surface area contributed by atoms with E-state index >= 15 is 0 Å². The molecule has 1 aromatic carbocycles. The number of carbonyl (C=O) groups excluding carboxylic acids is 2. The van der Waals surface area contributed by atoms with Crippen LogP contribution in [-0.2, 0) is 22.3 Å². The third kappa shape index (κ3) is 4.54. The van der Waals surface area contributed by atoms with E-state index in [-0.39, 0.29) is 23.8 Å². The minimum Gasteiger partial charge on any atom is -0.461 e. The molecule has 0 saturated carbocycles. The smallest absolute Gasteiger partial charge is 0.416 e. The van der Waals surface area contributed by atoms with E-state index in [9.17, 15) is 22.8 Å². The standard InChI is InChI=1S/C15H12F3NO4S/c1-2-22-14(21)12-19-11(8-24-12)7-23-13(20)9-3-5-10(6-4-9)15(16,17)18/h3-6,8H,2,7H2,1H3. The van der Waals surface area contributed by atoms with E-state index in [0.717, 1.165) is 35.6 Å². The number of hydrogen-bond acceptors (Lipinski definition) is 6. The second kappa shape index (κ2) is 7.43. The number of nitrogens with zero attached hydrogens (tertiary/aromatic N) is 1. The van der Waals surface area contributed by atoms with Gasteiger partial charge in [-0.15, -0.1) is 11.3 Å². The summed E-state index contributed by atoms with van der Waals surface area (Å²) in [6.07, 6.45) is -4.47. The summed E-state index contributed by atoms with van der Waals surface area (Å²) in [4.78, 5) is 27.2.